The predicted octanol–water partition coefficient (Wildman–Crippen LogP) is 3.29. The highest BCUT2D eigenvalue weighted by Crippen LogP contribution is 2.34. The van der Waals surface area contributed by atoms with Gasteiger partial charge in [0.15, 0.2) is 0 Å². The first-order valence-electron chi connectivity index (χ1n) is 7.16. The minimum absolute atomic E-state index is 0.0160. The number of amidine groups is 1. The third-order valence-corrected chi connectivity index (χ3v) is 3.21. The van der Waals surface area contributed by atoms with Crippen LogP contribution in [0.2, 0.25) is 0 Å². The van der Waals surface area contributed by atoms with Gasteiger partial charge in [0, 0.05) is 12.0 Å². The van der Waals surface area contributed by atoms with E-state index in [1.54, 1.807) is 7.11 Å². The number of rotatable bonds is 7. The molecule has 5 nitrogen and oxygen atoms in total. The van der Waals surface area contributed by atoms with Gasteiger partial charge in [0.05, 0.1) is 13.7 Å². The van der Waals surface area contributed by atoms with Crippen LogP contribution in [0.15, 0.2) is 23.4 Å². The Morgan fingerprint density at radius 1 is 1.29 bits per heavy atom. The van der Waals surface area contributed by atoms with Gasteiger partial charge in [0.25, 0.3) is 0 Å². The second kappa shape index (κ2) is 7.76. The van der Waals surface area contributed by atoms with Crippen molar-refractivity contribution in [2.45, 2.75) is 45.4 Å². The largest absolute Gasteiger partial charge is 0.497 e. The predicted molar refractivity (Wildman–Crippen MR) is 84.4 cm³/mol. The molecule has 0 heterocycles. The third kappa shape index (κ3) is 5.53. The molecule has 118 valence electrons. The van der Waals surface area contributed by atoms with Crippen molar-refractivity contribution < 1.29 is 14.7 Å². The van der Waals surface area contributed by atoms with Gasteiger partial charge in [-0.05, 0) is 36.5 Å². The fourth-order valence-electron chi connectivity index (χ4n) is 1.99. The van der Waals surface area contributed by atoms with Crippen LogP contribution in [0.4, 0.5) is 0 Å². The zero-order valence-electron chi connectivity index (χ0n) is 13.3. The molecule has 3 N–H and O–H groups in total. The van der Waals surface area contributed by atoms with Gasteiger partial charge in [-0.25, -0.2) is 0 Å². The van der Waals surface area contributed by atoms with E-state index in [0.717, 1.165) is 29.9 Å². The SMILES string of the molecule is COc1ccc(OCCCCC(N)=NO)c(C(C)(C)C)c1. The molecular formula is C16H26N2O3. The number of hydrogen-bond donors (Lipinski definition) is 2. The van der Waals surface area contributed by atoms with Crippen LogP contribution in [0.1, 0.15) is 45.6 Å². The van der Waals surface area contributed by atoms with Crippen molar-refractivity contribution >= 4 is 5.84 Å². The van der Waals surface area contributed by atoms with Gasteiger partial charge in [-0.15, -0.1) is 0 Å². The molecule has 0 unspecified atom stereocenters. The lowest BCUT2D eigenvalue weighted by atomic mass is 9.86. The molecule has 1 aromatic rings. The van der Waals surface area contributed by atoms with Crippen LogP contribution in [0.5, 0.6) is 11.5 Å². The Kier molecular flexibility index (Phi) is 6.34. The van der Waals surface area contributed by atoms with Gasteiger partial charge in [-0.3, -0.25) is 0 Å². The van der Waals surface area contributed by atoms with Crippen LogP contribution in [0.3, 0.4) is 0 Å². The van der Waals surface area contributed by atoms with E-state index in [0.29, 0.717) is 13.0 Å². The van der Waals surface area contributed by atoms with Gasteiger partial charge >= 0.3 is 0 Å². The van der Waals surface area contributed by atoms with Crippen molar-refractivity contribution in [1.82, 2.24) is 0 Å². The molecule has 0 radical (unpaired) electrons. The average Bonchev–Trinajstić information content (AvgIpc) is 2.45. The minimum Gasteiger partial charge on any atom is -0.497 e. The topological polar surface area (TPSA) is 77.1 Å². The van der Waals surface area contributed by atoms with E-state index >= 15 is 0 Å². The summed E-state index contributed by atoms with van der Waals surface area (Å²) >= 11 is 0. The van der Waals surface area contributed by atoms with E-state index < -0.39 is 0 Å². The normalized spacial score (nSPS) is 12.3. The van der Waals surface area contributed by atoms with E-state index in [1.165, 1.54) is 0 Å². The zero-order valence-corrected chi connectivity index (χ0v) is 13.3. The first-order valence-corrected chi connectivity index (χ1v) is 7.16. The molecular weight excluding hydrogens is 268 g/mol. The summed E-state index contributed by atoms with van der Waals surface area (Å²) in [4.78, 5) is 0. The van der Waals surface area contributed by atoms with Crippen LogP contribution in [0, 0.1) is 0 Å². The van der Waals surface area contributed by atoms with Gasteiger partial charge in [0.2, 0.25) is 0 Å². The fraction of sp³-hybridized carbons (Fsp3) is 0.562. The lowest BCUT2D eigenvalue weighted by molar-refractivity contribution is 0.297. The van der Waals surface area contributed by atoms with Gasteiger partial charge in [0.1, 0.15) is 17.3 Å². The number of nitrogens with zero attached hydrogens (tertiary/aromatic N) is 1. The van der Waals surface area contributed by atoms with Crippen molar-refractivity contribution in [3.8, 4) is 11.5 Å². The molecule has 0 saturated heterocycles. The summed E-state index contributed by atoms with van der Waals surface area (Å²) < 4.78 is 11.2. The summed E-state index contributed by atoms with van der Waals surface area (Å²) in [5.41, 5.74) is 6.53. The molecule has 0 atom stereocenters. The second-order valence-corrected chi connectivity index (χ2v) is 6.01. The molecule has 0 aliphatic rings. The molecule has 0 aromatic heterocycles. The van der Waals surface area contributed by atoms with Crippen molar-refractivity contribution in [2.75, 3.05) is 13.7 Å². The first-order chi connectivity index (χ1) is 9.88. The number of unbranched alkanes of at least 4 members (excludes halogenated alkanes) is 1. The number of ether oxygens (including phenoxy) is 2. The Morgan fingerprint density at radius 2 is 2.00 bits per heavy atom. The average molecular weight is 294 g/mol. The maximum absolute atomic E-state index is 8.46. The van der Waals surface area contributed by atoms with E-state index in [-0.39, 0.29) is 11.3 Å². The second-order valence-electron chi connectivity index (χ2n) is 6.01. The molecule has 0 aliphatic carbocycles. The van der Waals surface area contributed by atoms with E-state index in [2.05, 4.69) is 25.9 Å². The fourth-order valence-corrected chi connectivity index (χ4v) is 1.99. The highest BCUT2D eigenvalue weighted by Gasteiger charge is 2.19. The molecule has 0 spiro atoms. The molecule has 5 heteroatoms. The Labute approximate surface area is 126 Å². The van der Waals surface area contributed by atoms with Crippen molar-refractivity contribution in [2.24, 2.45) is 10.9 Å². The van der Waals surface area contributed by atoms with Crippen molar-refractivity contribution in [3.63, 3.8) is 0 Å². The Balaban J connectivity index is 2.62. The monoisotopic (exact) mass is 294 g/mol. The molecule has 1 aromatic carbocycles. The molecule has 0 saturated carbocycles. The highest BCUT2D eigenvalue weighted by atomic mass is 16.5. The summed E-state index contributed by atoms with van der Waals surface area (Å²) in [5.74, 6) is 1.97. The summed E-state index contributed by atoms with van der Waals surface area (Å²) in [6.45, 7) is 7.04. The van der Waals surface area contributed by atoms with Gasteiger partial charge < -0.3 is 20.4 Å². The van der Waals surface area contributed by atoms with Crippen molar-refractivity contribution in [1.29, 1.82) is 0 Å². The molecule has 0 aliphatic heterocycles. The van der Waals surface area contributed by atoms with Crippen LogP contribution in [-0.4, -0.2) is 24.8 Å². The number of methoxy groups -OCH3 is 1. The molecule has 21 heavy (non-hydrogen) atoms. The standard InChI is InChI=1S/C16H26N2O3/c1-16(2,3)13-11-12(20-4)8-9-14(13)21-10-6-5-7-15(17)18-19/h8-9,11,19H,5-7,10H2,1-4H3,(H2,17,18). The van der Waals surface area contributed by atoms with Crippen LogP contribution in [0.25, 0.3) is 0 Å². The third-order valence-electron chi connectivity index (χ3n) is 3.21. The maximum Gasteiger partial charge on any atom is 0.139 e. The minimum atomic E-state index is -0.0160. The van der Waals surface area contributed by atoms with Gasteiger partial charge in [-0.1, -0.05) is 25.9 Å². The number of benzene rings is 1. The number of hydrogen-bond acceptors (Lipinski definition) is 4. The maximum atomic E-state index is 8.46. The Hall–Kier alpha value is -1.91. The van der Waals surface area contributed by atoms with E-state index in [9.17, 15) is 0 Å². The molecule has 0 fully saturated rings. The Bertz CT molecular complexity index is 479. The smallest absolute Gasteiger partial charge is 0.139 e. The van der Waals surface area contributed by atoms with Crippen molar-refractivity contribution in [3.05, 3.63) is 23.8 Å². The van der Waals surface area contributed by atoms with E-state index in [1.807, 2.05) is 18.2 Å². The lowest BCUT2D eigenvalue weighted by Crippen LogP contribution is -2.14. The molecule has 0 bridgehead atoms. The number of nitrogens with two attached hydrogens (primary N) is 1. The summed E-state index contributed by atoms with van der Waals surface area (Å²) in [5, 5.41) is 11.4. The van der Waals surface area contributed by atoms with E-state index in [4.69, 9.17) is 20.4 Å². The lowest BCUT2D eigenvalue weighted by Gasteiger charge is -2.23. The van der Waals surface area contributed by atoms with Crippen LogP contribution < -0.4 is 15.2 Å². The first kappa shape index (κ1) is 17.1. The van der Waals surface area contributed by atoms with Crippen LogP contribution in [-0.2, 0) is 5.41 Å². The zero-order chi connectivity index (χ0) is 15.9. The highest BCUT2D eigenvalue weighted by molar-refractivity contribution is 5.79. The quantitative estimate of drug-likeness (QED) is 0.266. The summed E-state index contributed by atoms with van der Waals surface area (Å²) in [7, 11) is 1.66. The number of oxime groups is 1. The summed E-state index contributed by atoms with van der Waals surface area (Å²) in [6.07, 6.45) is 2.26. The molecule has 1 rings (SSSR count). The Morgan fingerprint density at radius 3 is 2.57 bits per heavy atom. The molecule has 0 amide bonds. The van der Waals surface area contributed by atoms with Crippen LogP contribution >= 0.6 is 0 Å². The van der Waals surface area contributed by atoms with Gasteiger partial charge in [-0.2, -0.15) is 0 Å². The summed E-state index contributed by atoms with van der Waals surface area (Å²) in [6, 6.07) is 5.87.